The van der Waals surface area contributed by atoms with Crippen molar-refractivity contribution in [2.24, 2.45) is 7.05 Å². The van der Waals surface area contributed by atoms with E-state index in [0.29, 0.717) is 49.1 Å². The molecule has 8 nitrogen and oxygen atoms in total. The molecule has 0 unspecified atom stereocenters. The average Bonchev–Trinajstić information content (AvgIpc) is 3.16. The molecule has 0 spiro atoms. The molecule has 1 fully saturated rings. The number of likely N-dealkylation sites (tertiary alicyclic amines) is 1. The summed E-state index contributed by atoms with van der Waals surface area (Å²) in [4.78, 5) is 23.0. The number of piperidine rings is 1. The quantitative estimate of drug-likeness (QED) is 0.642. The first kappa shape index (κ1) is 19.8. The van der Waals surface area contributed by atoms with Crippen LogP contribution in [0.15, 0.2) is 42.7 Å². The first-order valence-corrected chi connectivity index (χ1v) is 9.65. The van der Waals surface area contributed by atoms with Gasteiger partial charge in [-0.25, -0.2) is 4.39 Å². The van der Waals surface area contributed by atoms with Crippen LogP contribution in [-0.4, -0.2) is 56.9 Å². The lowest BCUT2D eigenvalue weighted by atomic mass is 10.1. The maximum atomic E-state index is 13.2. The van der Waals surface area contributed by atoms with Crippen LogP contribution in [0, 0.1) is 5.82 Å². The summed E-state index contributed by atoms with van der Waals surface area (Å²) in [5.74, 6) is 0.174. The van der Waals surface area contributed by atoms with Gasteiger partial charge in [-0.1, -0.05) is 0 Å². The largest absolute Gasteiger partial charge is 0.494 e. The summed E-state index contributed by atoms with van der Waals surface area (Å²) < 4.78 is 25.6. The number of methoxy groups -OCH3 is 1. The molecule has 156 valence electrons. The lowest BCUT2D eigenvalue weighted by Crippen LogP contribution is -2.42. The molecule has 0 bridgehead atoms. The van der Waals surface area contributed by atoms with E-state index in [-0.39, 0.29) is 17.8 Å². The van der Waals surface area contributed by atoms with E-state index in [9.17, 15) is 9.18 Å². The van der Waals surface area contributed by atoms with Gasteiger partial charge in [-0.15, -0.1) is 0 Å². The monoisotopic (exact) mass is 411 g/mol. The van der Waals surface area contributed by atoms with E-state index in [2.05, 4.69) is 15.1 Å². The molecule has 1 aliphatic rings. The predicted octanol–water partition coefficient (Wildman–Crippen LogP) is 2.71. The highest BCUT2D eigenvalue weighted by Crippen LogP contribution is 2.22. The molecule has 0 saturated carbocycles. The minimum Gasteiger partial charge on any atom is -0.494 e. The van der Waals surface area contributed by atoms with E-state index in [4.69, 9.17) is 9.47 Å². The molecule has 2 aromatic heterocycles. The third-order valence-electron chi connectivity index (χ3n) is 5.08. The molecule has 1 saturated heterocycles. The third-order valence-corrected chi connectivity index (χ3v) is 5.08. The zero-order chi connectivity index (χ0) is 21.1. The summed E-state index contributed by atoms with van der Waals surface area (Å²) in [7, 11) is 3.29. The smallest absolute Gasteiger partial charge is 0.316 e. The second kappa shape index (κ2) is 8.48. The minimum atomic E-state index is -0.309. The Labute approximate surface area is 173 Å². The zero-order valence-corrected chi connectivity index (χ0v) is 16.8. The number of aromatic nitrogens is 4. The second-order valence-electron chi connectivity index (χ2n) is 7.06. The summed E-state index contributed by atoms with van der Waals surface area (Å²) in [5, 5.41) is 4.41. The minimum absolute atomic E-state index is 0.0521. The fourth-order valence-electron chi connectivity index (χ4n) is 3.39. The Hall–Kier alpha value is -3.49. The normalized spacial score (nSPS) is 14.6. The van der Waals surface area contributed by atoms with Crippen LogP contribution in [0.25, 0.3) is 11.3 Å². The van der Waals surface area contributed by atoms with Crippen molar-refractivity contribution in [3.63, 3.8) is 0 Å². The number of halogens is 1. The molecule has 1 aliphatic heterocycles. The molecule has 9 heteroatoms. The van der Waals surface area contributed by atoms with E-state index in [1.54, 1.807) is 54.3 Å². The van der Waals surface area contributed by atoms with E-state index >= 15 is 0 Å². The SMILES string of the molecule is COc1cnc(OC2CCN(C(=O)c3cc(-c4ccc(F)cc4)nn3C)CC2)nc1. The van der Waals surface area contributed by atoms with Gasteiger partial charge in [-0.2, -0.15) is 15.1 Å². The van der Waals surface area contributed by atoms with Gasteiger partial charge < -0.3 is 14.4 Å². The van der Waals surface area contributed by atoms with Crippen LogP contribution in [-0.2, 0) is 7.05 Å². The highest BCUT2D eigenvalue weighted by Gasteiger charge is 2.27. The number of ether oxygens (including phenoxy) is 2. The molecule has 0 atom stereocenters. The lowest BCUT2D eigenvalue weighted by Gasteiger charge is -2.31. The Kier molecular flexibility index (Phi) is 5.60. The van der Waals surface area contributed by atoms with Crippen LogP contribution in [0.1, 0.15) is 23.3 Å². The van der Waals surface area contributed by atoms with Gasteiger partial charge in [0.25, 0.3) is 5.91 Å². The van der Waals surface area contributed by atoms with Crippen molar-refractivity contribution in [2.45, 2.75) is 18.9 Å². The van der Waals surface area contributed by atoms with Crippen LogP contribution < -0.4 is 9.47 Å². The molecule has 0 aliphatic carbocycles. The Morgan fingerprint density at radius 3 is 2.43 bits per heavy atom. The summed E-state index contributed by atoms with van der Waals surface area (Å²) >= 11 is 0. The van der Waals surface area contributed by atoms with Crippen molar-refractivity contribution in [1.29, 1.82) is 0 Å². The Balaban J connectivity index is 1.37. The number of carbonyl (C=O) groups is 1. The fourth-order valence-corrected chi connectivity index (χ4v) is 3.39. The number of rotatable bonds is 5. The Morgan fingerprint density at radius 1 is 1.13 bits per heavy atom. The lowest BCUT2D eigenvalue weighted by molar-refractivity contribution is 0.0568. The molecule has 0 radical (unpaired) electrons. The van der Waals surface area contributed by atoms with Crippen LogP contribution >= 0.6 is 0 Å². The summed E-state index contributed by atoms with van der Waals surface area (Å²) in [6.07, 6.45) is 4.43. The van der Waals surface area contributed by atoms with Crippen molar-refractivity contribution >= 4 is 5.91 Å². The first-order valence-electron chi connectivity index (χ1n) is 9.65. The van der Waals surface area contributed by atoms with Gasteiger partial charge >= 0.3 is 6.01 Å². The van der Waals surface area contributed by atoms with Crippen molar-refractivity contribution in [1.82, 2.24) is 24.6 Å². The van der Waals surface area contributed by atoms with Crippen LogP contribution in [0.2, 0.25) is 0 Å². The van der Waals surface area contributed by atoms with Crippen LogP contribution in [0.4, 0.5) is 4.39 Å². The van der Waals surface area contributed by atoms with Gasteiger partial charge in [-0.05, 0) is 30.3 Å². The van der Waals surface area contributed by atoms with E-state index < -0.39 is 0 Å². The number of amides is 1. The topological polar surface area (TPSA) is 82.4 Å². The maximum absolute atomic E-state index is 13.2. The predicted molar refractivity (Wildman–Crippen MR) is 107 cm³/mol. The highest BCUT2D eigenvalue weighted by atomic mass is 19.1. The number of nitrogens with zero attached hydrogens (tertiary/aromatic N) is 5. The Morgan fingerprint density at radius 2 is 1.80 bits per heavy atom. The van der Waals surface area contributed by atoms with E-state index in [0.717, 1.165) is 5.56 Å². The number of benzene rings is 1. The number of aryl methyl sites for hydroxylation is 1. The highest BCUT2D eigenvalue weighted by molar-refractivity contribution is 5.93. The van der Waals surface area contributed by atoms with Crippen molar-refractivity contribution in [3.8, 4) is 23.0 Å². The number of hydrogen-bond donors (Lipinski definition) is 0. The molecule has 0 N–H and O–H groups in total. The van der Waals surface area contributed by atoms with Crippen molar-refractivity contribution in [3.05, 3.63) is 54.2 Å². The number of hydrogen-bond acceptors (Lipinski definition) is 6. The van der Waals surface area contributed by atoms with Gasteiger partial charge in [-0.3, -0.25) is 9.48 Å². The van der Waals surface area contributed by atoms with Gasteiger partial charge in [0.05, 0.1) is 25.2 Å². The van der Waals surface area contributed by atoms with Crippen LogP contribution in [0.3, 0.4) is 0 Å². The molecule has 3 heterocycles. The van der Waals surface area contributed by atoms with Crippen LogP contribution in [0.5, 0.6) is 11.8 Å². The van der Waals surface area contributed by atoms with E-state index in [1.807, 2.05) is 0 Å². The standard InChI is InChI=1S/C21H22FN5O3/c1-26-19(11-18(25-26)14-3-5-15(22)6-4-14)20(28)27-9-7-16(8-10-27)30-21-23-12-17(29-2)13-24-21/h3-6,11-13,16H,7-10H2,1-2H3. The average molecular weight is 411 g/mol. The summed E-state index contributed by atoms with van der Waals surface area (Å²) in [6, 6.07) is 8.09. The zero-order valence-electron chi connectivity index (χ0n) is 16.8. The molecule has 30 heavy (non-hydrogen) atoms. The molecular formula is C21H22FN5O3. The molecular weight excluding hydrogens is 389 g/mol. The molecule has 1 aromatic carbocycles. The van der Waals surface area contributed by atoms with Crippen molar-refractivity contribution < 1.29 is 18.7 Å². The molecule has 4 rings (SSSR count). The Bertz CT molecular complexity index is 1010. The van der Waals surface area contributed by atoms with Gasteiger partial charge in [0.1, 0.15) is 17.6 Å². The molecule has 1 amide bonds. The van der Waals surface area contributed by atoms with Gasteiger partial charge in [0.15, 0.2) is 5.75 Å². The fraction of sp³-hybridized carbons (Fsp3) is 0.333. The van der Waals surface area contributed by atoms with Gasteiger partial charge in [0, 0.05) is 38.5 Å². The molecule has 3 aromatic rings. The second-order valence-corrected chi connectivity index (χ2v) is 7.06. The first-order chi connectivity index (χ1) is 14.5. The number of carbonyl (C=O) groups excluding carboxylic acids is 1. The maximum Gasteiger partial charge on any atom is 0.316 e. The van der Waals surface area contributed by atoms with Crippen molar-refractivity contribution in [2.75, 3.05) is 20.2 Å². The summed E-state index contributed by atoms with van der Waals surface area (Å²) in [6.45, 7) is 1.13. The van der Waals surface area contributed by atoms with Gasteiger partial charge in [0.2, 0.25) is 0 Å². The third kappa shape index (κ3) is 4.24. The summed E-state index contributed by atoms with van der Waals surface area (Å²) in [5.41, 5.74) is 1.89. The van der Waals surface area contributed by atoms with E-state index in [1.165, 1.54) is 12.1 Å².